The topological polar surface area (TPSA) is 96.2 Å². The Morgan fingerprint density at radius 2 is 1.97 bits per heavy atom. The molecule has 1 amide bonds. The summed E-state index contributed by atoms with van der Waals surface area (Å²) in [6.45, 7) is 0.615. The van der Waals surface area contributed by atoms with Crippen LogP contribution in [0.1, 0.15) is 47.6 Å². The second kappa shape index (κ2) is 7.53. The average Bonchev–Trinajstić information content (AvgIpc) is 3.34. The highest BCUT2D eigenvalue weighted by molar-refractivity contribution is 6.03. The van der Waals surface area contributed by atoms with Crippen molar-refractivity contribution in [1.29, 1.82) is 0 Å². The van der Waals surface area contributed by atoms with Gasteiger partial charge in [0.1, 0.15) is 17.8 Å². The van der Waals surface area contributed by atoms with Crippen LogP contribution in [0, 0.1) is 0 Å². The predicted molar refractivity (Wildman–Crippen MR) is 112 cm³/mol. The molecule has 0 saturated heterocycles. The zero-order valence-corrected chi connectivity index (χ0v) is 16.8. The maximum atomic E-state index is 12.5. The summed E-state index contributed by atoms with van der Waals surface area (Å²) >= 11 is 0. The second-order valence-electron chi connectivity index (χ2n) is 8.01. The smallest absolute Gasteiger partial charge is 0.256 e. The van der Waals surface area contributed by atoms with E-state index in [1.807, 2.05) is 41.0 Å². The van der Waals surface area contributed by atoms with Crippen molar-refractivity contribution in [3.8, 4) is 11.5 Å². The normalized spacial score (nSPS) is 21.0. The summed E-state index contributed by atoms with van der Waals surface area (Å²) in [4.78, 5) is 19.0. The van der Waals surface area contributed by atoms with E-state index in [0.717, 1.165) is 36.9 Å². The van der Waals surface area contributed by atoms with E-state index in [2.05, 4.69) is 15.5 Å². The lowest BCUT2D eigenvalue weighted by Gasteiger charge is -2.29. The third-order valence-electron chi connectivity index (χ3n) is 5.98. The van der Waals surface area contributed by atoms with Gasteiger partial charge in [-0.15, -0.1) is 10.2 Å². The molecule has 3 heterocycles. The largest absolute Gasteiger partial charge is 0.391 e. The number of hydrogen-bond donors (Lipinski definition) is 2. The van der Waals surface area contributed by atoms with E-state index in [0.29, 0.717) is 29.4 Å². The molecule has 2 aliphatic rings. The summed E-state index contributed by atoms with van der Waals surface area (Å²) < 4.78 is 1.94. The van der Waals surface area contributed by atoms with E-state index >= 15 is 0 Å². The Kier molecular flexibility index (Phi) is 4.71. The standard InChI is InChI=1S/C22H24N6O2/c1-27-12-14-6-4-7-15(20(14)22(27)30)24-19-11-5-8-16(25-19)21-26-23-13-28(21)17-9-2-3-10-18(17)29/h4-8,11,13,17-18,29H,2-3,9-10,12H2,1H3,(H,24,25). The Morgan fingerprint density at radius 1 is 1.13 bits per heavy atom. The molecule has 0 radical (unpaired) electrons. The predicted octanol–water partition coefficient (Wildman–Crippen LogP) is 3.15. The molecular weight excluding hydrogens is 380 g/mol. The van der Waals surface area contributed by atoms with Gasteiger partial charge in [-0.2, -0.15) is 0 Å². The van der Waals surface area contributed by atoms with Gasteiger partial charge in [-0.25, -0.2) is 4.98 Å². The van der Waals surface area contributed by atoms with Crippen molar-refractivity contribution in [3.05, 3.63) is 53.9 Å². The molecule has 3 aromatic rings. The SMILES string of the molecule is CN1Cc2cccc(Nc3cccc(-c4nncn4C4CCCCC4O)n3)c2C1=O. The number of carbonyl (C=O) groups is 1. The number of rotatable bonds is 4. The first-order valence-electron chi connectivity index (χ1n) is 10.3. The highest BCUT2D eigenvalue weighted by Crippen LogP contribution is 2.33. The van der Waals surface area contributed by atoms with E-state index < -0.39 is 6.10 Å². The fraction of sp³-hybridized carbons (Fsp3) is 0.364. The van der Waals surface area contributed by atoms with Gasteiger partial charge in [-0.3, -0.25) is 4.79 Å². The lowest BCUT2D eigenvalue weighted by atomic mass is 9.92. The van der Waals surface area contributed by atoms with Gasteiger partial charge in [0, 0.05) is 13.6 Å². The molecule has 2 atom stereocenters. The molecule has 0 spiro atoms. The van der Waals surface area contributed by atoms with Crippen LogP contribution in [-0.2, 0) is 6.54 Å². The zero-order valence-electron chi connectivity index (χ0n) is 16.8. The maximum Gasteiger partial charge on any atom is 0.256 e. The quantitative estimate of drug-likeness (QED) is 0.694. The van der Waals surface area contributed by atoms with Crippen LogP contribution in [0.4, 0.5) is 11.5 Å². The number of benzene rings is 1. The molecule has 8 nitrogen and oxygen atoms in total. The fourth-order valence-corrected chi connectivity index (χ4v) is 4.46. The lowest BCUT2D eigenvalue weighted by Crippen LogP contribution is -2.27. The number of nitrogens with zero attached hydrogens (tertiary/aromatic N) is 5. The van der Waals surface area contributed by atoms with E-state index in [9.17, 15) is 9.90 Å². The lowest BCUT2D eigenvalue weighted by molar-refractivity contribution is 0.0760. The van der Waals surface area contributed by atoms with Gasteiger partial charge in [0.2, 0.25) is 0 Å². The maximum absolute atomic E-state index is 12.5. The van der Waals surface area contributed by atoms with Gasteiger partial charge in [0.25, 0.3) is 5.91 Å². The minimum absolute atomic E-state index is 0.00952. The third-order valence-corrected chi connectivity index (χ3v) is 5.98. The summed E-state index contributed by atoms with van der Waals surface area (Å²) in [5.74, 6) is 1.27. The van der Waals surface area contributed by atoms with Crippen molar-refractivity contribution in [2.24, 2.45) is 0 Å². The number of anilines is 2. The summed E-state index contributed by atoms with van der Waals surface area (Å²) in [6, 6.07) is 11.4. The molecule has 1 aromatic carbocycles. The van der Waals surface area contributed by atoms with E-state index in [1.165, 1.54) is 0 Å². The van der Waals surface area contributed by atoms with Gasteiger partial charge in [-0.05, 0) is 36.6 Å². The Hall–Kier alpha value is -3.26. The summed E-state index contributed by atoms with van der Waals surface area (Å²) in [7, 11) is 1.80. The molecule has 2 aromatic heterocycles. The minimum atomic E-state index is -0.398. The number of fused-ring (bicyclic) bond motifs is 1. The van der Waals surface area contributed by atoms with Crippen LogP contribution < -0.4 is 5.32 Å². The number of aliphatic hydroxyl groups is 1. The zero-order chi connectivity index (χ0) is 20.7. The highest BCUT2D eigenvalue weighted by Gasteiger charge is 2.28. The molecule has 1 aliphatic carbocycles. The van der Waals surface area contributed by atoms with Gasteiger partial charge in [0.05, 0.1) is 23.4 Å². The van der Waals surface area contributed by atoms with Crippen LogP contribution in [0.15, 0.2) is 42.7 Å². The highest BCUT2D eigenvalue weighted by atomic mass is 16.3. The summed E-state index contributed by atoms with van der Waals surface area (Å²) in [5.41, 5.74) is 3.12. The van der Waals surface area contributed by atoms with Crippen LogP contribution in [0.25, 0.3) is 11.5 Å². The van der Waals surface area contributed by atoms with Crippen molar-refractivity contribution in [2.75, 3.05) is 12.4 Å². The van der Waals surface area contributed by atoms with Crippen molar-refractivity contribution in [1.82, 2.24) is 24.6 Å². The second-order valence-corrected chi connectivity index (χ2v) is 8.01. The Bertz CT molecular complexity index is 1090. The third kappa shape index (κ3) is 3.23. The number of aliphatic hydroxyl groups excluding tert-OH is 1. The summed E-state index contributed by atoms with van der Waals surface area (Å²) in [5, 5.41) is 22.1. The van der Waals surface area contributed by atoms with Crippen molar-refractivity contribution < 1.29 is 9.90 Å². The molecular formula is C22H24N6O2. The van der Waals surface area contributed by atoms with E-state index in [-0.39, 0.29) is 11.9 Å². The molecule has 2 N–H and O–H groups in total. The molecule has 0 bridgehead atoms. The molecule has 154 valence electrons. The Morgan fingerprint density at radius 3 is 2.83 bits per heavy atom. The van der Waals surface area contributed by atoms with E-state index in [4.69, 9.17) is 4.98 Å². The number of hydrogen-bond acceptors (Lipinski definition) is 6. The van der Waals surface area contributed by atoms with Crippen LogP contribution in [-0.4, -0.2) is 48.8 Å². The first-order valence-corrected chi connectivity index (χ1v) is 10.3. The van der Waals surface area contributed by atoms with Crippen molar-refractivity contribution >= 4 is 17.4 Å². The van der Waals surface area contributed by atoms with Gasteiger partial charge in [-0.1, -0.05) is 31.0 Å². The number of carbonyl (C=O) groups excluding carboxylic acids is 1. The molecule has 1 saturated carbocycles. The fourth-order valence-electron chi connectivity index (χ4n) is 4.46. The van der Waals surface area contributed by atoms with Gasteiger partial charge < -0.3 is 19.9 Å². The number of pyridine rings is 1. The Balaban J connectivity index is 1.46. The van der Waals surface area contributed by atoms with Gasteiger partial charge >= 0.3 is 0 Å². The van der Waals surface area contributed by atoms with Crippen LogP contribution in [0.5, 0.6) is 0 Å². The number of aromatic nitrogens is 4. The average molecular weight is 404 g/mol. The van der Waals surface area contributed by atoms with E-state index in [1.54, 1.807) is 18.3 Å². The summed E-state index contributed by atoms with van der Waals surface area (Å²) in [6.07, 6.45) is 5.09. The van der Waals surface area contributed by atoms with Crippen LogP contribution in [0.2, 0.25) is 0 Å². The molecule has 1 aliphatic heterocycles. The Labute approximate surface area is 174 Å². The molecule has 8 heteroatoms. The first kappa shape index (κ1) is 18.7. The molecule has 30 heavy (non-hydrogen) atoms. The minimum Gasteiger partial charge on any atom is -0.391 e. The molecule has 2 unspecified atom stereocenters. The van der Waals surface area contributed by atoms with Crippen molar-refractivity contribution in [3.63, 3.8) is 0 Å². The van der Waals surface area contributed by atoms with Gasteiger partial charge in [0.15, 0.2) is 5.82 Å². The first-order chi connectivity index (χ1) is 14.6. The monoisotopic (exact) mass is 404 g/mol. The van der Waals surface area contributed by atoms with Crippen LogP contribution in [0.3, 0.4) is 0 Å². The number of amides is 1. The number of nitrogens with one attached hydrogen (secondary N) is 1. The molecule has 5 rings (SSSR count). The van der Waals surface area contributed by atoms with Crippen LogP contribution >= 0.6 is 0 Å². The molecule has 1 fully saturated rings. The van der Waals surface area contributed by atoms with Crippen molar-refractivity contribution in [2.45, 2.75) is 44.4 Å².